The lowest BCUT2D eigenvalue weighted by Crippen LogP contribution is -2.22. The summed E-state index contributed by atoms with van der Waals surface area (Å²) in [5.41, 5.74) is 19.0. The van der Waals surface area contributed by atoms with E-state index in [2.05, 4.69) is 279 Å². The minimum absolute atomic E-state index is 0.333. The van der Waals surface area contributed by atoms with Gasteiger partial charge in [0, 0.05) is 22.1 Å². The molecule has 0 aliphatic heterocycles. The summed E-state index contributed by atoms with van der Waals surface area (Å²) in [5, 5.41) is 7.41. The van der Waals surface area contributed by atoms with Gasteiger partial charge in [-0.15, -0.1) is 0 Å². The number of nitrogens with zero attached hydrogens (tertiary/aromatic N) is 1. The third kappa shape index (κ3) is 6.46. The fourth-order valence-corrected chi connectivity index (χ4v) is 11.6. The highest BCUT2D eigenvalue weighted by molar-refractivity contribution is 6.14. The first-order valence-electron chi connectivity index (χ1n) is 24.0. The summed E-state index contributed by atoms with van der Waals surface area (Å²) in [7, 11) is 0. The zero-order valence-electron chi connectivity index (χ0n) is 38.4. The van der Waals surface area contributed by atoms with Gasteiger partial charge in [0.2, 0.25) is 0 Å². The summed E-state index contributed by atoms with van der Waals surface area (Å²) in [5.74, 6) is 0. The van der Waals surface area contributed by atoms with Crippen molar-refractivity contribution in [3.05, 3.63) is 284 Å². The van der Waals surface area contributed by atoms with Gasteiger partial charge in [0.05, 0.1) is 17.1 Å². The number of fused-ring (bicyclic) bond motifs is 7. The van der Waals surface area contributed by atoms with Crippen molar-refractivity contribution in [2.45, 2.75) is 12.3 Å². The molecule has 0 saturated heterocycles. The Morgan fingerprint density at radius 3 is 1.46 bits per heavy atom. The Bertz CT molecular complexity index is 3920. The Kier molecular flexibility index (Phi) is 9.70. The number of para-hydroxylation sites is 3. The van der Waals surface area contributed by atoms with Gasteiger partial charge in [-0.1, -0.05) is 249 Å². The molecule has 1 aliphatic rings. The van der Waals surface area contributed by atoms with E-state index in [0.29, 0.717) is 0 Å². The average molecular weight is 878 g/mol. The van der Waals surface area contributed by atoms with Gasteiger partial charge in [-0.05, 0) is 113 Å². The Morgan fingerprint density at radius 1 is 0.275 bits per heavy atom. The number of hydrogen-bond donors (Lipinski definition) is 0. The van der Waals surface area contributed by atoms with Crippen molar-refractivity contribution < 1.29 is 0 Å². The first kappa shape index (κ1) is 40.5. The van der Waals surface area contributed by atoms with Gasteiger partial charge >= 0.3 is 0 Å². The standard InChI is InChI=1S/C68H47N/c1-68(49-27-6-3-7-28-49)61-39-14-10-33-60(61)67-59(38-21-40-62(67)68)57-32-13-17-43-65(57)69(63-41-15-11-30-55(63)53-36-20-35-52-50-29-9-8-24-47(50)44-45-54(52)53)64-42-16-12-31-56(64)58-37-19-26-48-25-18-34-51(66(48)58)46-22-4-2-5-23-46/h2-45H,1H3. The molecule has 0 heterocycles. The van der Waals surface area contributed by atoms with Crippen LogP contribution in [-0.2, 0) is 5.41 Å². The first-order valence-corrected chi connectivity index (χ1v) is 24.0. The Morgan fingerprint density at radius 2 is 0.739 bits per heavy atom. The highest BCUT2D eigenvalue weighted by Crippen LogP contribution is 2.57. The van der Waals surface area contributed by atoms with Crippen LogP contribution >= 0.6 is 0 Å². The van der Waals surface area contributed by atoms with Crippen molar-refractivity contribution in [3.63, 3.8) is 0 Å². The van der Waals surface area contributed by atoms with Crippen LogP contribution in [0.5, 0.6) is 0 Å². The maximum absolute atomic E-state index is 2.56. The molecule has 0 fully saturated rings. The van der Waals surface area contributed by atoms with E-state index in [0.717, 1.165) is 33.8 Å². The van der Waals surface area contributed by atoms with E-state index in [1.807, 2.05) is 0 Å². The molecule has 0 amide bonds. The minimum Gasteiger partial charge on any atom is -0.309 e. The molecule has 69 heavy (non-hydrogen) atoms. The smallest absolute Gasteiger partial charge is 0.0540 e. The molecule has 1 unspecified atom stereocenters. The predicted octanol–water partition coefficient (Wildman–Crippen LogP) is 18.6. The highest BCUT2D eigenvalue weighted by Gasteiger charge is 2.42. The summed E-state index contributed by atoms with van der Waals surface area (Å²) < 4.78 is 0. The summed E-state index contributed by atoms with van der Waals surface area (Å²) >= 11 is 0. The van der Waals surface area contributed by atoms with Crippen molar-refractivity contribution in [1.29, 1.82) is 0 Å². The van der Waals surface area contributed by atoms with Crippen LogP contribution in [0.25, 0.3) is 88.0 Å². The molecular formula is C68H47N. The van der Waals surface area contributed by atoms with Crippen LogP contribution in [0.4, 0.5) is 17.1 Å². The van der Waals surface area contributed by atoms with E-state index in [4.69, 9.17) is 0 Å². The molecule has 0 aromatic heterocycles. The Labute approximate surface area is 403 Å². The van der Waals surface area contributed by atoms with E-state index in [1.165, 1.54) is 88.0 Å². The van der Waals surface area contributed by atoms with Crippen molar-refractivity contribution in [2.24, 2.45) is 0 Å². The maximum Gasteiger partial charge on any atom is 0.0540 e. The lowest BCUT2D eigenvalue weighted by atomic mass is 9.74. The Balaban J connectivity index is 1.11. The van der Waals surface area contributed by atoms with Gasteiger partial charge in [-0.2, -0.15) is 0 Å². The number of benzene rings is 12. The summed E-state index contributed by atoms with van der Waals surface area (Å²) in [4.78, 5) is 2.56. The van der Waals surface area contributed by atoms with Crippen molar-refractivity contribution in [3.8, 4) is 55.6 Å². The van der Waals surface area contributed by atoms with Gasteiger partial charge < -0.3 is 4.90 Å². The number of rotatable bonds is 8. The van der Waals surface area contributed by atoms with E-state index in [9.17, 15) is 0 Å². The molecule has 0 radical (unpaired) electrons. The van der Waals surface area contributed by atoms with Crippen LogP contribution in [0.3, 0.4) is 0 Å². The second-order valence-corrected chi connectivity index (χ2v) is 18.4. The molecule has 0 spiro atoms. The quantitative estimate of drug-likeness (QED) is 0.138. The normalized spacial score (nSPS) is 13.9. The summed E-state index contributed by atoms with van der Waals surface area (Å²) in [6.07, 6.45) is 0. The van der Waals surface area contributed by atoms with Crippen LogP contribution in [-0.4, -0.2) is 0 Å². The SMILES string of the molecule is CC1(c2ccccc2)c2ccccc2-c2c(-c3ccccc3N(c3ccccc3-c3cccc4c3ccc3ccccc34)c3ccccc3-c3cccc4cccc(-c5ccccc5)c34)cccc21. The topological polar surface area (TPSA) is 3.24 Å². The Hall–Kier alpha value is -8.78. The molecule has 13 rings (SSSR count). The second kappa shape index (κ2) is 16.5. The molecule has 1 aliphatic carbocycles. The van der Waals surface area contributed by atoms with Crippen molar-refractivity contribution >= 4 is 49.4 Å². The van der Waals surface area contributed by atoms with Gasteiger partial charge in [0.1, 0.15) is 0 Å². The largest absolute Gasteiger partial charge is 0.309 e. The molecule has 0 N–H and O–H groups in total. The fourth-order valence-electron chi connectivity index (χ4n) is 11.6. The lowest BCUT2D eigenvalue weighted by Gasteiger charge is -2.32. The average Bonchev–Trinajstić information content (AvgIpc) is 3.70. The number of anilines is 3. The van der Waals surface area contributed by atoms with E-state index in [1.54, 1.807) is 0 Å². The van der Waals surface area contributed by atoms with Crippen LogP contribution < -0.4 is 4.90 Å². The molecule has 0 saturated carbocycles. The van der Waals surface area contributed by atoms with Gasteiger partial charge in [0.25, 0.3) is 0 Å². The molecular weight excluding hydrogens is 831 g/mol. The lowest BCUT2D eigenvalue weighted by molar-refractivity contribution is 0.714. The molecule has 12 aromatic carbocycles. The van der Waals surface area contributed by atoms with Gasteiger partial charge in [-0.3, -0.25) is 0 Å². The molecule has 12 aromatic rings. The molecule has 1 nitrogen and oxygen atoms in total. The predicted molar refractivity (Wildman–Crippen MR) is 293 cm³/mol. The first-order chi connectivity index (χ1) is 34.2. The second-order valence-electron chi connectivity index (χ2n) is 18.4. The van der Waals surface area contributed by atoms with Gasteiger partial charge in [-0.25, -0.2) is 0 Å². The molecule has 0 bridgehead atoms. The van der Waals surface area contributed by atoms with Crippen LogP contribution in [0, 0.1) is 0 Å². The maximum atomic E-state index is 2.56. The summed E-state index contributed by atoms with van der Waals surface area (Å²) in [6.45, 7) is 2.41. The summed E-state index contributed by atoms with van der Waals surface area (Å²) in [6, 6.07) is 98.6. The van der Waals surface area contributed by atoms with Gasteiger partial charge in [0.15, 0.2) is 0 Å². The third-order valence-corrected chi connectivity index (χ3v) is 14.8. The van der Waals surface area contributed by atoms with Crippen LogP contribution in [0.1, 0.15) is 23.6 Å². The van der Waals surface area contributed by atoms with Crippen molar-refractivity contribution in [1.82, 2.24) is 0 Å². The minimum atomic E-state index is -0.333. The molecule has 1 heteroatoms. The van der Waals surface area contributed by atoms with Crippen LogP contribution in [0.2, 0.25) is 0 Å². The zero-order valence-corrected chi connectivity index (χ0v) is 38.4. The fraction of sp³-hybridized carbons (Fsp3) is 0.0294. The van der Waals surface area contributed by atoms with Crippen LogP contribution in [0.15, 0.2) is 267 Å². The molecule has 324 valence electrons. The highest BCUT2D eigenvalue weighted by atomic mass is 15.1. The third-order valence-electron chi connectivity index (χ3n) is 14.8. The number of hydrogen-bond acceptors (Lipinski definition) is 1. The monoisotopic (exact) mass is 877 g/mol. The van der Waals surface area contributed by atoms with E-state index in [-0.39, 0.29) is 5.41 Å². The van der Waals surface area contributed by atoms with E-state index < -0.39 is 0 Å². The van der Waals surface area contributed by atoms with Crippen molar-refractivity contribution in [2.75, 3.05) is 4.90 Å². The molecule has 1 atom stereocenters. The van der Waals surface area contributed by atoms with E-state index >= 15 is 0 Å². The zero-order chi connectivity index (χ0) is 45.9.